The topological polar surface area (TPSA) is 75.4 Å². The molecule has 0 radical (unpaired) electrons. The van der Waals surface area contributed by atoms with Gasteiger partial charge < -0.3 is 10.4 Å². The zero-order valence-electron chi connectivity index (χ0n) is 9.15. The van der Waals surface area contributed by atoms with E-state index in [1.807, 2.05) is 0 Å². The van der Waals surface area contributed by atoms with Crippen molar-refractivity contribution in [3.05, 3.63) is 39.7 Å². The van der Waals surface area contributed by atoms with Crippen LogP contribution in [0.25, 0.3) is 0 Å². The van der Waals surface area contributed by atoms with Crippen molar-refractivity contribution in [3.8, 4) is 0 Å². The lowest BCUT2D eigenvalue weighted by atomic mass is 10.2. The summed E-state index contributed by atoms with van der Waals surface area (Å²) in [7, 11) is 0. The molecule has 1 rings (SSSR count). The van der Waals surface area contributed by atoms with E-state index in [4.69, 9.17) is 5.11 Å². The van der Waals surface area contributed by atoms with Gasteiger partial charge in [0, 0.05) is 19.2 Å². The van der Waals surface area contributed by atoms with E-state index >= 15 is 0 Å². The molecule has 0 spiro atoms. The fraction of sp³-hybridized carbons (Fsp3) is 0.400. The van der Waals surface area contributed by atoms with Crippen molar-refractivity contribution in [1.82, 2.24) is 5.32 Å². The average molecular weight is 264 g/mol. The summed E-state index contributed by atoms with van der Waals surface area (Å²) >= 11 is 0. The summed E-state index contributed by atoms with van der Waals surface area (Å²) in [6.45, 7) is -0.440. The Labute approximate surface area is 100 Å². The number of hydrogen-bond donors (Lipinski definition) is 2. The number of nitro groups is 1. The molecule has 0 fully saturated rings. The Balaban J connectivity index is 2.60. The molecule has 0 saturated carbocycles. The number of non-ortho nitro benzene ring substituents is 1. The molecule has 0 bridgehead atoms. The molecule has 5 nitrogen and oxygen atoms in total. The molecule has 0 amide bonds. The zero-order chi connectivity index (χ0) is 13.7. The van der Waals surface area contributed by atoms with Crippen molar-refractivity contribution >= 4 is 5.69 Å². The first-order valence-corrected chi connectivity index (χ1v) is 5.01. The summed E-state index contributed by atoms with van der Waals surface area (Å²) in [5.41, 5.74) is -0.177. The number of alkyl halides is 2. The summed E-state index contributed by atoms with van der Waals surface area (Å²) in [5, 5.41) is 21.7. The third-order valence-corrected chi connectivity index (χ3v) is 2.13. The van der Waals surface area contributed by atoms with Crippen molar-refractivity contribution < 1.29 is 23.2 Å². The molecule has 0 saturated heterocycles. The minimum absolute atomic E-state index is 0.0532. The molecule has 0 aliphatic rings. The van der Waals surface area contributed by atoms with Crippen molar-refractivity contribution in [2.45, 2.75) is 19.1 Å². The van der Waals surface area contributed by atoms with Crippen LogP contribution in [-0.4, -0.2) is 29.1 Å². The Morgan fingerprint density at radius 1 is 1.39 bits per heavy atom. The molecular formula is C10H11F3N2O3. The zero-order valence-corrected chi connectivity index (χ0v) is 9.15. The van der Waals surface area contributed by atoms with Crippen molar-refractivity contribution in [2.24, 2.45) is 0 Å². The third kappa shape index (κ3) is 4.30. The van der Waals surface area contributed by atoms with Gasteiger partial charge in [-0.05, 0) is 11.6 Å². The van der Waals surface area contributed by atoms with E-state index < -0.39 is 29.0 Å². The van der Waals surface area contributed by atoms with Crippen molar-refractivity contribution in [1.29, 1.82) is 0 Å². The molecule has 8 heteroatoms. The molecule has 18 heavy (non-hydrogen) atoms. The molecule has 1 unspecified atom stereocenters. The largest absolute Gasteiger partial charge is 0.386 e. The molecule has 0 heterocycles. The first-order chi connectivity index (χ1) is 8.40. The van der Waals surface area contributed by atoms with Gasteiger partial charge in [0.2, 0.25) is 0 Å². The van der Waals surface area contributed by atoms with Crippen LogP contribution in [0.2, 0.25) is 0 Å². The number of aliphatic hydroxyl groups excluding tert-OH is 1. The summed E-state index contributed by atoms with van der Waals surface area (Å²) in [5.74, 6) is -0.782. The van der Waals surface area contributed by atoms with Gasteiger partial charge in [-0.1, -0.05) is 0 Å². The molecule has 100 valence electrons. The Kier molecular flexibility index (Phi) is 5.05. The van der Waals surface area contributed by atoms with Crippen molar-refractivity contribution in [2.75, 3.05) is 6.54 Å². The minimum atomic E-state index is -2.88. The fourth-order valence-electron chi connectivity index (χ4n) is 1.29. The van der Waals surface area contributed by atoms with E-state index in [1.165, 1.54) is 0 Å². The lowest BCUT2D eigenvalue weighted by molar-refractivity contribution is -0.385. The van der Waals surface area contributed by atoms with Gasteiger partial charge in [-0.15, -0.1) is 0 Å². The smallest absolute Gasteiger partial charge is 0.272 e. The quantitative estimate of drug-likeness (QED) is 0.602. The highest BCUT2D eigenvalue weighted by Gasteiger charge is 2.16. The summed E-state index contributed by atoms with van der Waals surface area (Å²) in [6.07, 6.45) is -4.70. The predicted octanol–water partition coefficient (Wildman–Crippen LogP) is 1.45. The molecule has 2 N–H and O–H groups in total. The molecule has 0 aliphatic carbocycles. The van der Waals surface area contributed by atoms with Crippen LogP contribution < -0.4 is 5.32 Å². The second kappa shape index (κ2) is 6.31. The molecule has 0 aliphatic heterocycles. The van der Waals surface area contributed by atoms with Gasteiger partial charge in [0.1, 0.15) is 11.9 Å². The third-order valence-electron chi connectivity index (χ3n) is 2.13. The van der Waals surface area contributed by atoms with Crippen LogP contribution in [0.5, 0.6) is 0 Å². The van der Waals surface area contributed by atoms with E-state index in [9.17, 15) is 23.3 Å². The van der Waals surface area contributed by atoms with Crippen LogP contribution in [0, 0.1) is 15.9 Å². The SMILES string of the molecule is O=[N+]([O-])c1cc(F)cc(CNCC(O)C(F)F)c1. The van der Waals surface area contributed by atoms with Gasteiger partial charge in [0.25, 0.3) is 12.1 Å². The number of halogens is 3. The van der Waals surface area contributed by atoms with Gasteiger partial charge in [-0.3, -0.25) is 10.1 Å². The Morgan fingerprint density at radius 3 is 2.61 bits per heavy atom. The number of nitrogens with zero attached hydrogens (tertiary/aromatic N) is 1. The average Bonchev–Trinajstić information content (AvgIpc) is 2.27. The van der Waals surface area contributed by atoms with Gasteiger partial charge in [-0.2, -0.15) is 0 Å². The van der Waals surface area contributed by atoms with Gasteiger partial charge in [-0.25, -0.2) is 13.2 Å². The first-order valence-electron chi connectivity index (χ1n) is 5.01. The number of nitrogens with one attached hydrogen (secondary N) is 1. The molecule has 1 aromatic rings. The predicted molar refractivity (Wildman–Crippen MR) is 56.8 cm³/mol. The maximum atomic E-state index is 13.0. The van der Waals surface area contributed by atoms with Crippen molar-refractivity contribution in [3.63, 3.8) is 0 Å². The highest BCUT2D eigenvalue weighted by Crippen LogP contribution is 2.16. The Hall–Kier alpha value is -1.67. The minimum Gasteiger partial charge on any atom is -0.386 e. The summed E-state index contributed by atoms with van der Waals surface area (Å²) < 4.78 is 36.9. The van der Waals surface area contributed by atoms with Crippen LogP contribution in [-0.2, 0) is 6.54 Å². The maximum Gasteiger partial charge on any atom is 0.272 e. The fourth-order valence-corrected chi connectivity index (χ4v) is 1.29. The number of rotatable bonds is 6. The Bertz CT molecular complexity index is 429. The summed E-state index contributed by atoms with van der Waals surface area (Å²) in [6, 6.07) is 2.94. The summed E-state index contributed by atoms with van der Waals surface area (Å²) in [4.78, 5) is 9.71. The number of aliphatic hydroxyl groups is 1. The van der Waals surface area contributed by atoms with E-state index in [-0.39, 0.29) is 18.7 Å². The van der Waals surface area contributed by atoms with Gasteiger partial charge in [0.15, 0.2) is 0 Å². The molecule has 0 aromatic heterocycles. The maximum absolute atomic E-state index is 13.0. The standard InChI is InChI=1S/C10H11F3N2O3/c11-7-1-6(2-8(3-7)15(17)18)4-14-5-9(16)10(12)13/h1-3,9-10,14,16H,4-5H2. The van der Waals surface area contributed by atoms with Crippen LogP contribution in [0.15, 0.2) is 18.2 Å². The Morgan fingerprint density at radius 2 is 2.06 bits per heavy atom. The van der Waals surface area contributed by atoms with E-state index in [1.54, 1.807) is 0 Å². The number of benzene rings is 1. The molecule has 1 atom stereocenters. The normalized spacial score (nSPS) is 12.7. The highest BCUT2D eigenvalue weighted by molar-refractivity contribution is 5.35. The van der Waals surface area contributed by atoms with Gasteiger partial charge in [0.05, 0.1) is 11.0 Å². The monoisotopic (exact) mass is 264 g/mol. The number of nitro benzene ring substituents is 1. The number of hydrogen-bond acceptors (Lipinski definition) is 4. The highest BCUT2D eigenvalue weighted by atomic mass is 19.3. The van der Waals surface area contributed by atoms with E-state index in [0.717, 1.165) is 18.2 Å². The second-order valence-corrected chi connectivity index (χ2v) is 3.61. The lowest BCUT2D eigenvalue weighted by Crippen LogP contribution is -2.31. The molecular weight excluding hydrogens is 253 g/mol. The first kappa shape index (κ1) is 14.4. The van der Waals surface area contributed by atoms with E-state index in [0.29, 0.717) is 0 Å². The van der Waals surface area contributed by atoms with Gasteiger partial charge >= 0.3 is 0 Å². The van der Waals surface area contributed by atoms with Crippen LogP contribution in [0.1, 0.15) is 5.56 Å². The van der Waals surface area contributed by atoms with Crippen LogP contribution >= 0.6 is 0 Å². The van der Waals surface area contributed by atoms with Crippen LogP contribution in [0.3, 0.4) is 0 Å². The second-order valence-electron chi connectivity index (χ2n) is 3.61. The van der Waals surface area contributed by atoms with E-state index in [2.05, 4.69) is 5.32 Å². The molecule has 1 aromatic carbocycles. The van der Waals surface area contributed by atoms with Crippen LogP contribution in [0.4, 0.5) is 18.9 Å². The lowest BCUT2D eigenvalue weighted by Gasteiger charge is -2.10.